The van der Waals surface area contributed by atoms with Crippen LogP contribution < -0.4 is 5.43 Å². The van der Waals surface area contributed by atoms with E-state index in [1.54, 1.807) is 0 Å². The predicted molar refractivity (Wildman–Crippen MR) is 32.0 cm³/mol. The smallest absolute Gasteiger partial charge is 0.0401 e. The van der Waals surface area contributed by atoms with Gasteiger partial charge in [0.25, 0.3) is 0 Å². The van der Waals surface area contributed by atoms with Crippen molar-refractivity contribution in [2.24, 2.45) is 5.92 Å². The first-order valence-electron chi connectivity index (χ1n) is 3.13. The van der Waals surface area contributed by atoms with Crippen molar-refractivity contribution in [2.45, 2.75) is 6.42 Å². The fourth-order valence-corrected chi connectivity index (χ4v) is 1.30. The van der Waals surface area contributed by atoms with E-state index in [9.17, 15) is 0 Å². The molecule has 44 valence electrons. The minimum absolute atomic E-state index is 0.844. The quantitative estimate of drug-likeness (QED) is 0.483. The van der Waals surface area contributed by atoms with Gasteiger partial charge in [0.1, 0.15) is 0 Å². The molecular weight excluding hydrogens is 100 g/mol. The van der Waals surface area contributed by atoms with Crippen LogP contribution in [0.4, 0.5) is 0 Å². The van der Waals surface area contributed by atoms with E-state index in [-0.39, 0.29) is 0 Å². The second-order valence-electron chi connectivity index (χ2n) is 2.45. The Balaban J connectivity index is 2.13. The van der Waals surface area contributed by atoms with E-state index in [0.717, 1.165) is 12.5 Å². The van der Waals surface area contributed by atoms with Crippen LogP contribution in [0.3, 0.4) is 0 Å². The largest absolute Gasteiger partial charge is 0.315 e. The number of rotatable bonds is 0. The van der Waals surface area contributed by atoms with Crippen molar-refractivity contribution in [1.82, 2.24) is 10.4 Å². The lowest BCUT2D eigenvalue weighted by Crippen LogP contribution is -2.39. The lowest BCUT2D eigenvalue weighted by Gasteiger charge is -2.24. The SMILES string of the molecule is C1=CN2CC1CCN2. The summed E-state index contributed by atoms with van der Waals surface area (Å²) in [6.07, 6.45) is 5.73. The van der Waals surface area contributed by atoms with Crippen LogP contribution in [0.2, 0.25) is 0 Å². The predicted octanol–water partition coefficient (Wildman–Crippen LogP) is 0.340. The molecule has 1 fully saturated rings. The molecule has 2 bridgehead atoms. The molecule has 0 spiro atoms. The molecule has 2 heterocycles. The van der Waals surface area contributed by atoms with E-state index in [1.807, 2.05) is 0 Å². The Kier molecular flexibility index (Phi) is 0.815. The number of fused-ring (bicyclic) bond motifs is 2. The summed E-state index contributed by atoms with van der Waals surface area (Å²) < 4.78 is 0. The normalized spacial score (nSPS) is 34.0. The van der Waals surface area contributed by atoms with Crippen LogP contribution in [0.15, 0.2) is 12.3 Å². The Bertz CT molecular complexity index is 108. The molecule has 2 heteroatoms. The van der Waals surface area contributed by atoms with Gasteiger partial charge in [0, 0.05) is 19.3 Å². The molecule has 2 nitrogen and oxygen atoms in total. The molecule has 0 aliphatic carbocycles. The summed E-state index contributed by atoms with van der Waals surface area (Å²) >= 11 is 0. The maximum Gasteiger partial charge on any atom is 0.0401 e. The van der Waals surface area contributed by atoms with Gasteiger partial charge in [-0.05, 0) is 12.3 Å². The molecule has 0 radical (unpaired) electrons. The van der Waals surface area contributed by atoms with Gasteiger partial charge in [0.2, 0.25) is 0 Å². The Labute approximate surface area is 49.1 Å². The van der Waals surface area contributed by atoms with Crippen LogP contribution >= 0.6 is 0 Å². The summed E-state index contributed by atoms with van der Waals surface area (Å²) in [7, 11) is 0. The standard InChI is InChI=1S/C6H10N2/c1-3-7-8-4-2-6(1)5-8/h2,4,6-7H,1,3,5H2. The topological polar surface area (TPSA) is 15.3 Å². The van der Waals surface area contributed by atoms with Gasteiger partial charge in [0.05, 0.1) is 0 Å². The summed E-state index contributed by atoms with van der Waals surface area (Å²) in [6, 6.07) is 0. The summed E-state index contributed by atoms with van der Waals surface area (Å²) in [5, 5.41) is 2.16. The van der Waals surface area contributed by atoms with Crippen LogP contribution in [0.5, 0.6) is 0 Å². The van der Waals surface area contributed by atoms with Gasteiger partial charge < -0.3 is 5.01 Å². The molecule has 1 unspecified atom stereocenters. The molecule has 2 aliphatic rings. The van der Waals surface area contributed by atoms with Gasteiger partial charge in [-0.3, -0.25) is 0 Å². The second-order valence-corrected chi connectivity index (χ2v) is 2.45. The number of hydrogen-bond donors (Lipinski definition) is 1. The summed E-state index contributed by atoms with van der Waals surface area (Å²) in [6.45, 7) is 2.34. The Morgan fingerprint density at radius 3 is 3.38 bits per heavy atom. The van der Waals surface area contributed by atoms with E-state index in [1.165, 1.54) is 13.0 Å². The van der Waals surface area contributed by atoms with Crippen molar-refractivity contribution in [2.75, 3.05) is 13.1 Å². The van der Waals surface area contributed by atoms with E-state index < -0.39 is 0 Å². The molecule has 8 heavy (non-hydrogen) atoms. The van der Waals surface area contributed by atoms with Gasteiger partial charge in [-0.25, -0.2) is 5.43 Å². The first kappa shape index (κ1) is 4.39. The minimum atomic E-state index is 0.844. The van der Waals surface area contributed by atoms with Crippen LogP contribution in [-0.2, 0) is 0 Å². The highest BCUT2D eigenvalue weighted by Crippen LogP contribution is 2.17. The Morgan fingerprint density at radius 2 is 2.62 bits per heavy atom. The van der Waals surface area contributed by atoms with Gasteiger partial charge in [-0.15, -0.1) is 0 Å². The summed E-state index contributed by atoms with van der Waals surface area (Å²) in [5.74, 6) is 0.844. The van der Waals surface area contributed by atoms with Gasteiger partial charge in [-0.1, -0.05) is 6.08 Å². The lowest BCUT2D eigenvalue weighted by molar-refractivity contribution is 0.219. The monoisotopic (exact) mass is 110 g/mol. The van der Waals surface area contributed by atoms with E-state index >= 15 is 0 Å². The first-order chi connectivity index (χ1) is 3.95. The van der Waals surface area contributed by atoms with Crippen LogP contribution in [0.1, 0.15) is 6.42 Å². The fraction of sp³-hybridized carbons (Fsp3) is 0.667. The minimum Gasteiger partial charge on any atom is -0.315 e. The van der Waals surface area contributed by atoms with Crippen molar-refractivity contribution in [1.29, 1.82) is 0 Å². The van der Waals surface area contributed by atoms with E-state index in [0.29, 0.717) is 0 Å². The summed E-state index contributed by atoms with van der Waals surface area (Å²) in [5.41, 5.74) is 3.26. The van der Waals surface area contributed by atoms with Crippen LogP contribution in [0, 0.1) is 5.92 Å². The average Bonchev–Trinajstić information content (AvgIpc) is 2.12. The third-order valence-corrected chi connectivity index (χ3v) is 1.80. The van der Waals surface area contributed by atoms with Gasteiger partial charge in [0.15, 0.2) is 0 Å². The molecular formula is C6H10N2. The second kappa shape index (κ2) is 1.49. The number of hydrogen-bond acceptors (Lipinski definition) is 2. The number of nitrogens with zero attached hydrogens (tertiary/aromatic N) is 1. The molecule has 2 aliphatic heterocycles. The summed E-state index contributed by atoms with van der Waals surface area (Å²) in [4.78, 5) is 0. The molecule has 0 aromatic heterocycles. The van der Waals surface area contributed by atoms with Crippen LogP contribution in [-0.4, -0.2) is 18.1 Å². The van der Waals surface area contributed by atoms with Gasteiger partial charge >= 0.3 is 0 Å². The van der Waals surface area contributed by atoms with E-state index in [2.05, 4.69) is 22.7 Å². The maximum absolute atomic E-state index is 3.26. The third-order valence-electron chi connectivity index (χ3n) is 1.80. The molecule has 0 amide bonds. The molecule has 2 rings (SSSR count). The molecule has 0 saturated carbocycles. The lowest BCUT2D eigenvalue weighted by atomic mass is 10.1. The average molecular weight is 110 g/mol. The fourth-order valence-electron chi connectivity index (χ4n) is 1.30. The highest BCUT2D eigenvalue weighted by atomic mass is 15.5. The van der Waals surface area contributed by atoms with Crippen molar-refractivity contribution < 1.29 is 0 Å². The van der Waals surface area contributed by atoms with Crippen molar-refractivity contribution in [3.05, 3.63) is 12.3 Å². The zero-order valence-corrected chi connectivity index (χ0v) is 4.80. The van der Waals surface area contributed by atoms with Crippen molar-refractivity contribution in [3.63, 3.8) is 0 Å². The molecule has 0 aromatic carbocycles. The molecule has 1 atom stereocenters. The molecule has 1 saturated heterocycles. The van der Waals surface area contributed by atoms with E-state index in [4.69, 9.17) is 0 Å². The zero-order chi connectivity index (χ0) is 5.40. The maximum atomic E-state index is 3.26. The van der Waals surface area contributed by atoms with Crippen molar-refractivity contribution in [3.8, 4) is 0 Å². The van der Waals surface area contributed by atoms with Crippen LogP contribution in [0.25, 0.3) is 0 Å². The highest BCUT2D eigenvalue weighted by molar-refractivity contribution is 4.98. The van der Waals surface area contributed by atoms with Crippen molar-refractivity contribution >= 4 is 0 Å². The number of nitrogens with one attached hydrogen (secondary N) is 1. The first-order valence-corrected chi connectivity index (χ1v) is 3.13. The third kappa shape index (κ3) is 0.530. The highest BCUT2D eigenvalue weighted by Gasteiger charge is 2.19. The zero-order valence-electron chi connectivity index (χ0n) is 4.80. The Morgan fingerprint density at radius 1 is 1.62 bits per heavy atom. The molecule has 1 N–H and O–H groups in total. The Hall–Kier alpha value is -0.500. The number of hydrazine groups is 1. The molecule has 0 aromatic rings. The van der Waals surface area contributed by atoms with Gasteiger partial charge in [-0.2, -0.15) is 0 Å².